The maximum absolute atomic E-state index is 11.5. The van der Waals surface area contributed by atoms with E-state index >= 15 is 0 Å². The van der Waals surface area contributed by atoms with Gasteiger partial charge in [-0.2, -0.15) is 0 Å². The van der Waals surface area contributed by atoms with E-state index in [1.165, 1.54) is 14.0 Å². The summed E-state index contributed by atoms with van der Waals surface area (Å²) in [5.41, 5.74) is 0. The first-order valence-electron chi connectivity index (χ1n) is 7.49. The van der Waals surface area contributed by atoms with Gasteiger partial charge in [0.15, 0.2) is 24.6 Å². The molecule has 0 radical (unpaired) electrons. The molecule has 0 aliphatic carbocycles. The van der Waals surface area contributed by atoms with E-state index in [1.54, 1.807) is 0 Å². The van der Waals surface area contributed by atoms with Gasteiger partial charge in [0.1, 0.15) is 12.7 Å². The molecule has 1 saturated heterocycles. The van der Waals surface area contributed by atoms with E-state index in [4.69, 9.17) is 28.4 Å². The summed E-state index contributed by atoms with van der Waals surface area (Å²) in [5, 5.41) is 0. The van der Waals surface area contributed by atoms with Crippen LogP contribution >= 0.6 is 0 Å². The number of rotatable bonds is 6. The molecule has 0 N–H and O–H groups in total. The molecule has 0 aromatic carbocycles. The highest BCUT2D eigenvalue weighted by atomic mass is 16.7. The van der Waals surface area contributed by atoms with Crippen molar-refractivity contribution >= 4 is 23.9 Å². The monoisotopic (exact) mass is 362 g/mol. The SMILES string of the molecule is CO[C@H]1OC(COC(C)=O)[C@H](OC(C)=O)C(OC(C)=O)C1OC(C)=O. The molecule has 10 nitrogen and oxygen atoms in total. The largest absolute Gasteiger partial charge is 0.463 e. The highest BCUT2D eigenvalue weighted by molar-refractivity contribution is 5.68. The summed E-state index contributed by atoms with van der Waals surface area (Å²) in [6.07, 6.45) is -5.67. The summed E-state index contributed by atoms with van der Waals surface area (Å²) < 4.78 is 31.1. The average molecular weight is 362 g/mol. The number of hydrogen-bond donors (Lipinski definition) is 0. The van der Waals surface area contributed by atoms with Gasteiger partial charge in [-0.25, -0.2) is 0 Å². The smallest absolute Gasteiger partial charge is 0.303 e. The molecular weight excluding hydrogens is 340 g/mol. The summed E-state index contributed by atoms with van der Waals surface area (Å²) in [6.45, 7) is 4.37. The lowest BCUT2D eigenvalue weighted by Crippen LogP contribution is -2.62. The molecule has 0 saturated carbocycles. The van der Waals surface area contributed by atoms with E-state index in [1.807, 2.05) is 0 Å². The molecule has 1 heterocycles. The molecular formula is C15H22O10. The van der Waals surface area contributed by atoms with Crippen LogP contribution in [-0.4, -0.2) is 68.3 Å². The van der Waals surface area contributed by atoms with Crippen molar-refractivity contribution in [2.75, 3.05) is 13.7 Å². The Bertz CT molecular complexity index is 516. The Balaban J connectivity index is 3.18. The molecule has 5 atom stereocenters. The molecule has 25 heavy (non-hydrogen) atoms. The third kappa shape index (κ3) is 6.31. The second kappa shape index (κ2) is 9.33. The Morgan fingerprint density at radius 1 is 0.760 bits per heavy atom. The van der Waals surface area contributed by atoms with E-state index in [0.717, 1.165) is 20.8 Å². The zero-order chi connectivity index (χ0) is 19.1. The minimum Gasteiger partial charge on any atom is -0.463 e. The molecule has 0 bridgehead atoms. The Morgan fingerprint density at radius 2 is 1.24 bits per heavy atom. The molecule has 3 unspecified atom stereocenters. The van der Waals surface area contributed by atoms with Crippen LogP contribution in [-0.2, 0) is 47.6 Å². The van der Waals surface area contributed by atoms with Crippen LogP contribution in [0.1, 0.15) is 27.7 Å². The van der Waals surface area contributed by atoms with E-state index in [2.05, 4.69) is 0 Å². The minimum absolute atomic E-state index is 0.280. The van der Waals surface area contributed by atoms with Gasteiger partial charge >= 0.3 is 23.9 Å². The van der Waals surface area contributed by atoms with Crippen molar-refractivity contribution in [3.05, 3.63) is 0 Å². The van der Waals surface area contributed by atoms with Crippen molar-refractivity contribution in [3.8, 4) is 0 Å². The predicted octanol–water partition coefficient (Wildman–Crippen LogP) is -0.284. The number of ether oxygens (including phenoxy) is 6. The summed E-state index contributed by atoms with van der Waals surface area (Å²) in [5.74, 6) is -2.63. The van der Waals surface area contributed by atoms with Crippen molar-refractivity contribution < 1.29 is 47.6 Å². The highest BCUT2D eigenvalue weighted by Gasteiger charge is 2.52. The van der Waals surface area contributed by atoms with Crippen molar-refractivity contribution in [3.63, 3.8) is 0 Å². The molecule has 1 rings (SSSR count). The van der Waals surface area contributed by atoms with E-state index in [-0.39, 0.29) is 6.61 Å². The van der Waals surface area contributed by atoms with Crippen LogP contribution in [0.3, 0.4) is 0 Å². The van der Waals surface area contributed by atoms with E-state index < -0.39 is 54.6 Å². The highest BCUT2D eigenvalue weighted by Crippen LogP contribution is 2.29. The van der Waals surface area contributed by atoms with Gasteiger partial charge in [0.05, 0.1) is 0 Å². The van der Waals surface area contributed by atoms with Gasteiger partial charge in [-0.15, -0.1) is 0 Å². The molecule has 10 heteroatoms. The summed E-state index contributed by atoms with van der Waals surface area (Å²) in [4.78, 5) is 45.4. The lowest BCUT2D eigenvalue weighted by molar-refractivity contribution is -0.302. The topological polar surface area (TPSA) is 124 Å². The zero-order valence-electron chi connectivity index (χ0n) is 14.7. The van der Waals surface area contributed by atoms with Gasteiger partial charge in [-0.05, 0) is 0 Å². The second-order valence-electron chi connectivity index (χ2n) is 5.30. The number of carbonyl (C=O) groups is 4. The van der Waals surface area contributed by atoms with Gasteiger partial charge in [0, 0.05) is 34.8 Å². The minimum atomic E-state index is -1.20. The summed E-state index contributed by atoms with van der Waals surface area (Å²) in [6, 6.07) is 0. The zero-order valence-corrected chi connectivity index (χ0v) is 14.7. The third-order valence-electron chi connectivity index (χ3n) is 3.18. The molecule has 1 aliphatic heterocycles. The summed E-state index contributed by atoms with van der Waals surface area (Å²) >= 11 is 0. The third-order valence-corrected chi connectivity index (χ3v) is 3.18. The molecule has 0 amide bonds. The lowest BCUT2D eigenvalue weighted by Gasteiger charge is -2.43. The molecule has 1 fully saturated rings. The normalized spacial score (nSPS) is 28.6. The molecule has 0 aromatic rings. The van der Waals surface area contributed by atoms with Crippen LogP contribution in [0.4, 0.5) is 0 Å². The van der Waals surface area contributed by atoms with Gasteiger partial charge in [-0.1, -0.05) is 0 Å². The van der Waals surface area contributed by atoms with Crippen LogP contribution in [0.25, 0.3) is 0 Å². The van der Waals surface area contributed by atoms with Crippen LogP contribution in [0.15, 0.2) is 0 Å². The Morgan fingerprint density at radius 3 is 1.68 bits per heavy atom. The van der Waals surface area contributed by atoms with Crippen molar-refractivity contribution in [2.45, 2.75) is 58.4 Å². The Kier molecular flexibility index (Phi) is 7.78. The number of methoxy groups -OCH3 is 1. The lowest BCUT2D eigenvalue weighted by atomic mass is 9.98. The summed E-state index contributed by atoms with van der Waals surface area (Å²) in [7, 11) is 1.29. The van der Waals surface area contributed by atoms with Gasteiger partial charge in [0.25, 0.3) is 0 Å². The van der Waals surface area contributed by atoms with Crippen LogP contribution < -0.4 is 0 Å². The number of hydrogen-bond acceptors (Lipinski definition) is 10. The standard InChI is InChI=1S/C15H22O10/c1-7(16)21-6-11-12(22-8(2)17)13(23-9(3)18)14(24-10(4)19)15(20-5)25-11/h11-15H,6H2,1-5H3/t11?,12-,13?,14?,15-/m0/s1. The van der Waals surface area contributed by atoms with Crippen LogP contribution in [0, 0.1) is 0 Å². The van der Waals surface area contributed by atoms with E-state index in [9.17, 15) is 19.2 Å². The maximum Gasteiger partial charge on any atom is 0.303 e. The molecule has 142 valence electrons. The number of esters is 4. The fourth-order valence-corrected chi connectivity index (χ4v) is 2.38. The van der Waals surface area contributed by atoms with Crippen LogP contribution in [0.2, 0.25) is 0 Å². The fourth-order valence-electron chi connectivity index (χ4n) is 2.38. The van der Waals surface area contributed by atoms with Gasteiger partial charge in [0.2, 0.25) is 0 Å². The second-order valence-corrected chi connectivity index (χ2v) is 5.30. The van der Waals surface area contributed by atoms with Crippen molar-refractivity contribution in [2.24, 2.45) is 0 Å². The van der Waals surface area contributed by atoms with Crippen LogP contribution in [0.5, 0.6) is 0 Å². The van der Waals surface area contributed by atoms with Crippen molar-refractivity contribution in [1.82, 2.24) is 0 Å². The fraction of sp³-hybridized carbons (Fsp3) is 0.733. The molecule has 1 aliphatic rings. The maximum atomic E-state index is 11.5. The van der Waals surface area contributed by atoms with E-state index in [0.29, 0.717) is 0 Å². The van der Waals surface area contributed by atoms with Gasteiger partial charge < -0.3 is 28.4 Å². The Hall–Kier alpha value is -2.20. The molecule has 0 spiro atoms. The Labute approximate surface area is 144 Å². The average Bonchev–Trinajstić information content (AvgIpc) is 2.48. The first kappa shape index (κ1) is 20.8. The van der Waals surface area contributed by atoms with Crippen molar-refractivity contribution in [1.29, 1.82) is 0 Å². The number of carbonyl (C=O) groups excluding carboxylic acids is 4. The predicted molar refractivity (Wildman–Crippen MR) is 79.0 cm³/mol. The quantitative estimate of drug-likeness (QED) is 0.460. The molecule has 0 aromatic heterocycles. The first-order valence-corrected chi connectivity index (χ1v) is 7.49. The first-order chi connectivity index (χ1) is 11.6. The van der Waals surface area contributed by atoms with Gasteiger partial charge in [-0.3, -0.25) is 19.2 Å².